The summed E-state index contributed by atoms with van der Waals surface area (Å²) in [6, 6.07) is 19.0. The van der Waals surface area contributed by atoms with Gasteiger partial charge in [0.15, 0.2) is 16.4 Å². The second-order valence-corrected chi connectivity index (χ2v) is 10.3. The molecular weight excluding hydrogens is 491 g/mol. The number of fused-ring (bicyclic) bond motifs is 2. The third-order valence-corrected chi connectivity index (χ3v) is 7.78. The zero-order valence-electron chi connectivity index (χ0n) is 16.3. The van der Waals surface area contributed by atoms with Crippen LogP contribution >= 0.6 is 0 Å². The summed E-state index contributed by atoms with van der Waals surface area (Å²) in [5.41, 5.74) is 0. The molecule has 0 amide bonds. The highest BCUT2D eigenvalue weighted by Crippen LogP contribution is 2.47. The summed E-state index contributed by atoms with van der Waals surface area (Å²) in [5, 5.41) is -5.62. The summed E-state index contributed by atoms with van der Waals surface area (Å²) in [7, 11) is -7.29. The average molecular weight is 505 g/mol. The van der Waals surface area contributed by atoms with Gasteiger partial charge in [-0.3, -0.25) is 4.55 Å². The molecule has 1 aliphatic rings. The van der Waals surface area contributed by atoms with Crippen LogP contribution in [0.2, 0.25) is 0 Å². The molecule has 1 atom stereocenters. The van der Waals surface area contributed by atoms with Gasteiger partial charge in [-0.1, -0.05) is 30.3 Å². The van der Waals surface area contributed by atoms with E-state index in [0.29, 0.717) is 26.2 Å². The molecule has 0 aliphatic carbocycles. The lowest BCUT2D eigenvalue weighted by atomic mass is 10.3. The average Bonchev–Trinajstić information content (AvgIpc) is 2.74. The smallest absolute Gasteiger partial charge is 0.432 e. The number of rotatable bonds is 5. The Morgan fingerprint density at radius 3 is 1.91 bits per heavy atom. The number of hydrogen-bond donors (Lipinski definition) is 1. The summed E-state index contributed by atoms with van der Waals surface area (Å²) in [5.74, 6) is 0.404. The zero-order chi connectivity index (χ0) is 24.0. The fourth-order valence-electron chi connectivity index (χ4n) is 3.17. The first kappa shape index (κ1) is 23.3. The van der Waals surface area contributed by atoms with Gasteiger partial charge < -0.3 is 9.47 Å². The molecule has 1 unspecified atom stereocenters. The number of benzene rings is 3. The first-order valence-electron chi connectivity index (χ1n) is 9.18. The maximum atomic E-state index is 13.9. The number of ether oxygens (including phenoxy) is 2. The van der Waals surface area contributed by atoms with Gasteiger partial charge in [-0.25, -0.2) is 0 Å². The van der Waals surface area contributed by atoms with Gasteiger partial charge in [-0.05, 0) is 36.4 Å². The predicted octanol–water partition coefficient (Wildman–Crippen LogP) is 5.68. The van der Waals surface area contributed by atoms with Crippen molar-refractivity contribution in [1.82, 2.24) is 0 Å². The van der Waals surface area contributed by atoms with Crippen LogP contribution in [0.3, 0.4) is 0 Å². The van der Waals surface area contributed by atoms with Crippen LogP contribution in [0, 0.1) is 0 Å². The second-order valence-electron chi connectivity index (χ2n) is 6.85. The molecule has 3 aromatic rings. The quantitative estimate of drug-likeness (QED) is 0.215. The Hall–Kier alpha value is -2.83. The lowest BCUT2D eigenvalue weighted by molar-refractivity contribution is -0.239. The molecule has 174 valence electrons. The van der Waals surface area contributed by atoms with E-state index in [1.807, 2.05) is 0 Å². The lowest BCUT2D eigenvalue weighted by Crippen LogP contribution is -2.53. The fraction of sp³-hybridized carbons (Fsp3) is 0.143. The SMILES string of the molecule is O=S(=O)(O)C(F)(F)C(Oc1cccc([S+]2c3ccccc3Oc3ccccc32)c1)C(F)(F)F. The largest absolute Gasteiger partial charge is 0.473 e. The minimum atomic E-state index is -6.41. The number of hydrogen-bond acceptors (Lipinski definition) is 4. The molecule has 0 spiro atoms. The van der Waals surface area contributed by atoms with Gasteiger partial charge in [-0.2, -0.15) is 30.4 Å². The molecule has 1 aliphatic heterocycles. The third-order valence-electron chi connectivity index (χ3n) is 4.60. The molecular formula is C21H14F5O5S2+. The van der Waals surface area contributed by atoms with E-state index in [4.69, 9.17) is 9.29 Å². The molecule has 0 saturated carbocycles. The minimum Gasteiger partial charge on any atom is -0.473 e. The van der Waals surface area contributed by atoms with Gasteiger partial charge in [0.05, 0.1) is 0 Å². The summed E-state index contributed by atoms with van der Waals surface area (Å²) in [6.07, 6.45) is -9.91. The lowest BCUT2D eigenvalue weighted by Gasteiger charge is -2.27. The van der Waals surface area contributed by atoms with E-state index in [2.05, 4.69) is 4.74 Å². The second kappa shape index (κ2) is 8.19. The summed E-state index contributed by atoms with van der Waals surface area (Å²) < 4.78 is 109. The Bertz CT molecular complexity index is 1250. The van der Waals surface area contributed by atoms with Crippen LogP contribution in [0.1, 0.15) is 0 Å². The fourth-order valence-corrected chi connectivity index (χ4v) is 5.87. The van der Waals surface area contributed by atoms with E-state index in [0.717, 1.165) is 12.1 Å². The van der Waals surface area contributed by atoms with Crippen molar-refractivity contribution < 1.29 is 44.4 Å². The van der Waals surface area contributed by atoms with Crippen LogP contribution in [0.15, 0.2) is 87.5 Å². The molecule has 4 rings (SSSR count). The van der Waals surface area contributed by atoms with Crippen molar-refractivity contribution in [3.8, 4) is 17.2 Å². The molecule has 0 fully saturated rings. The van der Waals surface area contributed by atoms with Gasteiger partial charge in [0.25, 0.3) is 6.10 Å². The summed E-state index contributed by atoms with van der Waals surface area (Å²) in [6.45, 7) is 0. The normalized spacial score (nSPS) is 15.2. The predicted molar refractivity (Wildman–Crippen MR) is 109 cm³/mol. The Kier molecular flexibility index (Phi) is 5.79. The molecule has 33 heavy (non-hydrogen) atoms. The van der Waals surface area contributed by atoms with Crippen LogP contribution in [-0.2, 0) is 21.0 Å². The van der Waals surface area contributed by atoms with Gasteiger partial charge >= 0.3 is 21.5 Å². The topological polar surface area (TPSA) is 72.8 Å². The monoisotopic (exact) mass is 505 g/mol. The van der Waals surface area contributed by atoms with E-state index in [1.165, 1.54) is 6.07 Å². The standard InChI is InChI=1S/C21H13F5O5S2/c22-20(23,24)19(21(25,26)33(27,28)29)30-13-6-5-7-14(12-13)32-17-10-3-1-8-15(17)31-16-9-2-4-11-18(16)32/h1-12,19H/p+1. The molecule has 3 aromatic carbocycles. The number of halogens is 5. The van der Waals surface area contributed by atoms with E-state index in [9.17, 15) is 30.4 Å². The Morgan fingerprint density at radius 1 is 0.848 bits per heavy atom. The third kappa shape index (κ3) is 4.37. The van der Waals surface area contributed by atoms with Crippen LogP contribution in [-0.4, -0.2) is 30.5 Å². The highest BCUT2D eigenvalue weighted by Gasteiger charge is 2.65. The highest BCUT2D eigenvalue weighted by atomic mass is 32.2. The molecule has 0 bridgehead atoms. The van der Waals surface area contributed by atoms with Crippen molar-refractivity contribution in [3.63, 3.8) is 0 Å². The number of alkyl halides is 5. The van der Waals surface area contributed by atoms with Crippen molar-refractivity contribution >= 4 is 21.0 Å². The maximum absolute atomic E-state index is 13.9. The Balaban J connectivity index is 1.78. The minimum absolute atomic E-state index is 0.423. The first-order chi connectivity index (χ1) is 15.4. The van der Waals surface area contributed by atoms with Crippen LogP contribution in [0.5, 0.6) is 17.2 Å². The van der Waals surface area contributed by atoms with Crippen molar-refractivity contribution in [2.24, 2.45) is 0 Å². The van der Waals surface area contributed by atoms with E-state index in [-0.39, 0.29) is 0 Å². The Labute approximate surface area is 187 Å². The van der Waals surface area contributed by atoms with Crippen molar-refractivity contribution in [2.45, 2.75) is 32.2 Å². The van der Waals surface area contributed by atoms with Crippen LogP contribution in [0.25, 0.3) is 0 Å². The molecule has 0 radical (unpaired) electrons. The van der Waals surface area contributed by atoms with Gasteiger partial charge in [0.2, 0.25) is 9.79 Å². The Morgan fingerprint density at radius 2 is 1.39 bits per heavy atom. The highest BCUT2D eigenvalue weighted by molar-refractivity contribution is 7.97. The maximum Gasteiger partial charge on any atom is 0.432 e. The molecule has 1 N–H and O–H groups in total. The van der Waals surface area contributed by atoms with Crippen molar-refractivity contribution in [3.05, 3.63) is 72.8 Å². The molecule has 0 aromatic heterocycles. The number of para-hydroxylation sites is 2. The molecule has 12 heteroatoms. The molecule has 5 nitrogen and oxygen atoms in total. The molecule has 0 saturated heterocycles. The summed E-state index contributed by atoms with van der Waals surface area (Å²) in [4.78, 5) is 1.85. The zero-order valence-corrected chi connectivity index (χ0v) is 17.9. The van der Waals surface area contributed by atoms with Gasteiger partial charge in [0.1, 0.15) is 16.6 Å². The van der Waals surface area contributed by atoms with Gasteiger partial charge in [0, 0.05) is 6.07 Å². The van der Waals surface area contributed by atoms with E-state index in [1.54, 1.807) is 54.6 Å². The molecule has 1 heterocycles. The van der Waals surface area contributed by atoms with Crippen molar-refractivity contribution in [2.75, 3.05) is 0 Å². The van der Waals surface area contributed by atoms with Crippen LogP contribution < -0.4 is 9.47 Å². The van der Waals surface area contributed by atoms with Gasteiger partial charge in [-0.15, -0.1) is 0 Å². The van der Waals surface area contributed by atoms with Crippen LogP contribution in [0.4, 0.5) is 22.0 Å². The van der Waals surface area contributed by atoms with E-state index >= 15 is 0 Å². The van der Waals surface area contributed by atoms with E-state index < -0.39 is 44.3 Å². The summed E-state index contributed by atoms with van der Waals surface area (Å²) >= 11 is 0. The first-order valence-corrected chi connectivity index (χ1v) is 11.8. The van der Waals surface area contributed by atoms with Crippen molar-refractivity contribution in [1.29, 1.82) is 0 Å².